The summed E-state index contributed by atoms with van der Waals surface area (Å²) in [5, 5.41) is 10.7. The van der Waals surface area contributed by atoms with Crippen LogP contribution in [-0.2, 0) is 25.6 Å². The number of aliphatic hydroxyl groups is 1. The molecule has 4 rings (SSSR count). The summed E-state index contributed by atoms with van der Waals surface area (Å²) in [6.45, 7) is 6.24. The third-order valence-corrected chi connectivity index (χ3v) is 6.29. The van der Waals surface area contributed by atoms with Crippen LogP contribution in [0.2, 0.25) is 0 Å². The van der Waals surface area contributed by atoms with Gasteiger partial charge in [-0.15, -0.1) is 0 Å². The summed E-state index contributed by atoms with van der Waals surface area (Å²) in [4.78, 5) is 12.5. The standard InChI is InChI=1S/C22H30O5/c1-21(2)13-26-22(27-14-21)9-16-8-18(23)20(17(16)10-22)19(24)12-25-11-15-6-4-3-5-7-15/h3-7,16-17,19-20,24H,8-14H2,1-2H3/t16-,17+,19?,20-/m1/s1. The highest BCUT2D eigenvalue weighted by atomic mass is 16.7. The Hall–Kier alpha value is -1.27. The van der Waals surface area contributed by atoms with Gasteiger partial charge in [-0.1, -0.05) is 44.2 Å². The van der Waals surface area contributed by atoms with Crippen LogP contribution in [0.3, 0.4) is 0 Å². The molecule has 1 saturated heterocycles. The third kappa shape index (κ3) is 3.97. The predicted octanol–water partition coefficient (Wildman–Crippen LogP) is 2.95. The van der Waals surface area contributed by atoms with Crippen molar-refractivity contribution >= 4 is 5.78 Å². The van der Waals surface area contributed by atoms with Crippen molar-refractivity contribution in [1.29, 1.82) is 0 Å². The molecule has 1 aromatic carbocycles. The van der Waals surface area contributed by atoms with Crippen molar-refractivity contribution in [1.82, 2.24) is 0 Å². The van der Waals surface area contributed by atoms with Gasteiger partial charge >= 0.3 is 0 Å². The van der Waals surface area contributed by atoms with E-state index in [9.17, 15) is 9.90 Å². The maximum absolute atomic E-state index is 12.5. The number of hydrogen-bond acceptors (Lipinski definition) is 5. The zero-order valence-electron chi connectivity index (χ0n) is 16.2. The summed E-state index contributed by atoms with van der Waals surface area (Å²) >= 11 is 0. The summed E-state index contributed by atoms with van der Waals surface area (Å²) in [7, 11) is 0. The van der Waals surface area contributed by atoms with Crippen LogP contribution in [0, 0.1) is 23.2 Å². The van der Waals surface area contributed by atoms with Crippen LogP contribution in [0.5, 0.6) is 0 Å². The number of benzene rings is 1. The highest BCUT2D eigenvalue weighted by molar-refractivity contribution is 5.84. The van der Waals surface area contributed by atoms with Gasteiger partial charge in [-0.25, -0.2) is 0 Å². The first-order chi connectivity index (χ1) is 12.9. The fraction of sp³-hybridized carbons (Fsp3) is 0.682. The minimum Gasteiger partial charge on any atom is -0.390 e. The first kappa shape index (κ1) is 19.1. The maximum Gasteiger partial charge on any atom is 0.168 e. The fourth-order valence-electron chi connectivity index (χ4n) is 4.89. The number of fused-ring (bicyclic) bond motifs is 1. The van der Waals surface area contributed by atoms with Crippen LogP contribution >= 0.6 is 0 Å². The monoisotopic (exact) mass is 374 g/mol. The smallest absolute Gasteiger partial charge is 0.168 e. The molecule has 1 aliphatic heterocycles. The number of ether oxygens (including phenoxy) is 3. The molecule has 1 heterocycles. The van der Waals surface area contributed by atoms with Crippen LogP contribution in [0.1, 0.15) is 38.7 Å². The van der Waals surface area contributed by atoms with E-state index in [4.69, 9.17) is 14.2 Å². The van der Waals surface area contributed by atoms with Crippen LogP contribution in [0.15, 0.2) is 30.3 Å². The average Bonchev–Trinajstić information content (AvgIpc) is 3.11. The van der Waals surface area contributed by atoms with Gasteiger partial charge in [-0.3, -0.25) is 4.79 Å². The largest absolute Gasteiger partial charge is 0.390 e. The van der Waals surface area contributed by atoms with E-state index >= 15 is 0 Å². The SMILES string of the molecule is CC1(C)COC2(C[C@H]3CC(=O)[C@H](C(O)COCc4ccccc4)[C@H]3C2)OC1. The van der Waals surface area contributed by atoms with Gasteiger partial charge in [-0.2, -0.15) is 0 Å². The molecular weight excluding hydrogens is 344 g/mol. The topological polar surface area (TPSA) is 65.0 Å². The predicted molar refractivity (Wildman–Crippen MR) is 99.8 cm³/mol. The first-order valence-electron chi connectivity index (χ1n) is 9.98. The highest BCUT2D eigenvalue weighted by Gasteiger charge is 2.58. The number of Topliss-reactive ketones (excluding diaryl/α,β-unsaturated/α-hetero) is 1. The molecular formula is C22H30O5. The zero-order valence-corrected chi connectivity index (χ0v) is 16.2. The lowest BCUT2D eigenvalue weighted by Crippen LogP contribution is -2.47. The highest BCUT2D eigenvalue weighted by Crippen LogP contribution is 2.54. The molecule has 27 heavy (non-hydrogen) atoms. The normalized spacial score (nSPS) is 32.6. The van der Waals surface area contributed by atoms with E-state index in [-0.39, 0.29) is 35.6 Å². The lowest BCUT2D eigenvalue weighted by Gasteiger charge is -2.42. The van der Waals surface area contributed by atoms with Crippen molar-refractivity contribution in [2.24, 2.45) is 23.2 Å². The average molecular weight is 374 g/mol. The van der Waals surface area contributed by atoms with Crippen LogP contribution in [-0.4, -0.2) is 42.6 Å². The maximum atomic E-state index is 12.5. The Kier molecular flexibility index (Phi) is 5.14. The van der Waals surface area contributed by atoms with Gasteiger partial charge < -0.3 is 19.3 Å². The Bertz CT molecular complexity index is 661. The van der Waals surface area contributed by atoms with Crippen molar-refractivity contribution in [2.75, 3.05) is 19.8 Å². The molecule has 5 nitrogen and oxygen atoms in total. The van der Waals surface area contributed by atoms with Gasteiger partial charge in [0.1, 0.15) is 5.78 Å². The van der Waals surface area contributed by atoms with Crippen molar-refractivity contribution in [2.45, 2.75) is 51.6 Å². The lowest BCUT2D eigenvalue weighted by atomic mass is 9.87. The van der Waals surface area contributed by atoms with E-state index in [2.05, 4.69) is 13.8 Å². The summed E-state index contributed by atoms with van der Waals surface area (Å²) in [5.74, 6) is -0.408. The molecule has 3 aliphatic rings. The van der Waals surface area contributed by atoms with E-state index in [1.54, 1.807) is 0 Å². The molecule has 3 fully saturated rings. The summed E-state index contributed by atoms with van der Waals surface area (Å²) in [5.41, 5.74) is 1.09. The molecule has 0 radical (unpaired) electrons. The number of aliphatic hydroxyl groups excluding tert-OH is 1. The second-order valence-corrected chi connectivity index (χ2v) is 9.25. The Morgan fingerprint density at radius 1 is 1.19 bits per heavy atom. The van der Waals surface area contributed by atoms with Crippen LogP contribution < -0.4 is 0 Å². The summed E-state index contributed by atoms with van der Waals surface area (Å²) in [6, 6.07) is 9.86. The lowest BCUT2D eigenvalue weighted by molar-refractivity contribution is -0.297. The van der Waals surface area contributed by atoms with Crippen molar-refractivity contribution in [3.63, 3.8) is 0 Å². The van der Waals surface area contributed by atoms with E-state index in [0.717, 1.165) is 12.0 Å². The minimum absolute atomic E-state index is 0.0307. The zero-order chi connectivity index (χ0) is 19.1. The second-order valence-electron chi connectivity index (χ2n) is 9.25. The number of ketones is 1. The molecule has 4 atom stereocenters. The van der Waals surface area contributed by atoms with Crippen LogP contribution in [0.25, 0.3) is 0 Å². The van der Waals surface area contributed by atoms with Crippen LogP contribution in [0.4, 0.5) is 0 Å². The van der Waals surface area contributed by atoms with E-state index in [1.165, 1.54) is 0 Å². The van der Waals surface area contributed by atoms with Crippen molar-refractivity contribution in [3.05, 3.63) is 35.9 Å². The molecule has 148 valence electrons. The number of carbonyl (C=O) groups excluding carboxylic acids is 1. The number of hydrogen-bond donors (Lipinski definition) is 1. The molecule has 1 spiro atoms. The summed E-state index contributed by atoms with van der Waals surface area (Å²) < 4.78 is 18.0. The van der Waals surface area contributed by atoms with E-state index in [1.807, 2.05) is 30.3 Å². The Morgan fingerprint density at radius 2 is 1.89 bits per heavy atom. The van der Waals surface area contributed by atoms with Gasteiger partial charge in [0.2, 0.25) is 0 Å². The molecule has 1 N–H and O–H groups in total. The van der Waals surface area contributed by atoms with Crippen molar-refractivity contribution in [3.8, 4) is 0 Å². The molecule has 2 saturated carbocycles. The number of rotatable bonds is 5. The Balaban J connectivity index is 1.35. The molecule has 0 aromatic heterocycles. The molecule has 2 aliphatic carbocycles. The van der Waals surface area contributed by atoms with Gasteiger partial charge in [0.15, 0.2) is 5.79 Å². The van der Waals surface area contributed by atoms with Gasteiger partial charge in [0.25, 0.3) is 0 Å². The molecule has 1 aromatic rings. The fourth-order valence-corrected chi connectivity index (χ4v) is 4.89. The first-order valence-corrected chi connectivity index (χ1v) is 9.98. The minimum atomic E-state index is -0.772. The molecule has 1 unspecified atom stereocenters. The van der Waals surface area contributed by atoms with Gasteiger partial charge in [-0.05, 0) is 17.4 Å². The third-order valence-electron chi connectivity index (χ3n) is 6.29. The Morgan fingerprint density at radius 3 is 2.59 bits per heavy atom. The molecule has 0 amide bonds. The Labute approximate surface area is 161 Å². The molecule has 5 heteroatoms. The quantitative estimate of drug-likeness (QED) is 0.858. The number of carbonyl (C=O) groups is 1. The van der Waals surface area contributed by atoms with Gasteiger partial charge in [0, 0.05) is 30.6 Å². The van der Waals surface area contributed by atoms with E-state index in [0.29, 0.717) is 32.7 Å². The van der Waals surface area contributed by atoms with Crippen molar-refractivity contribution < 1.29 is 24.1 Å². The second kappa shape index (κ2) is 7.28. The summed E-state index contributed by atoms with van der Waals surface area (Å²) in [6.07, 6.45) is 1.20. The van der Waals surface area contributed by atoms with Gasteiger partial charge in [0.05, 0.1) is 32.5 Å². The molecule has 0 bridgehead atoms. The van der Waals surface area contributed by atoms with E-state index < -0.39 is 11.9 Å².